The highest BCUT2D eigenvalue weighted by atomic mass is 32.1. The molecule has 39 heavy (non-hydrogen) atoms. The fourth-order valence-corrected chi connectivity index (χ4v) is 5.48. The topological polar surface area (TPSA) is 93.5 Å². The third-order valence-corrected chi connectivity index (χ3v) is 7.09. The van der Waals surface area contributed by atoms with Crippen LogP contribution in [0.15, 0.2) is 73.1 Å². The second-order valence-corrected chi connectivity index (χ2v) is 9.60. The van der Waals surface area contributed by atoms with E-state index in [1.54, 1.807) is 19.5 Å². The molecule has 0 radical (unpaired) electrons. The number of amides is 1. The summed E-state index contributed by atoms with van der Waals surface area (Å²) in [5.74, 6) is 1.10. The molecule has 1 fully saturated rings. The molecule has 10 heteroatoms. The lowest BCUT2D eigenvalue weighted by Crippen LogP contribution is -2.29. The van der Waals surface area contributed by atoms with E-state index in [0.717, 1.165) is 34.2 Å². The summed E-state index contributed by atoms with van der Waals surface area (Å²) in [7, 11) is 3.04. The van der Waals surface area contributed by atoms with Gasteiger partial charge in [-0.3, -0.25) is 9.78 Å². The van der Waals surface area contributed by atoms with E-state index in [1.165, 1.54) is 7.11 Å². The van der Waals surface area contributed by atoms with Gasteiger partial charge in [-0.2, -0.15) is 0 Å². The predicted molar refractivity (Wildman–Crippen MR) is 154 cm³/mol. The number of aromatic nitrogens is 3. The number of ether oxygens (including phenoxy) is 2. The van der Waals surface area contributed by atoms with Gasteiger partial charge in [0.15, 0.2) is 5.11 Å². The summed E-state index contributed by atoms with van der Waals surface area (Å²) in [6.45, 7) is 4.10. The molecule has 0 saturated carbocycles. The van der Waals surface area contributed by atoms with Crippen LogP contribution in [0.5, 0.6) is 5.75 Å². The number of thiocarbonyl (C=S) groups is 1. The highest BCUT2D eigenvalue weighted by Gasteiger charge is 2.42. The van der Waals surface area contributed by atoms with Crippen LogP contribution in [-0.4, -0.2) is 46.4 Å². The average molecular weight is 543 g/mol. The van der Waals surface area contributed by atoms with Crippen LogP contribution in [0.25, 0.3) is 5.82 Å². The lowest BCUT2D eigenvalue weighted by atomic mass is 9.96. The summed E-state index contributed by atoms with van der Waals surface area (Å²) in [5.41, 5.74) is 5.39. The van der Waals surface area contributed by atoms with E-state index >= 15 is 0 Å². The molecule has 2 N–H and O–H groups in total. The van der Waals surface area contributed by atoms with Crippen LogP contribution in [0.1, 0.15) is 34.7 Å². The Morgan fingerprint density at radius 3 is 2.49 bits per heavy atom. The van der Waals surface area contributed by atoms with Gasteiger partial charge < -0.3 is 29.6 Å². The summed E-state index contributed by atoms with van der Waals surface area (Å²) in [4.78, 5) is 23.7. The van der Waals surface area contributed by atoms with Crippen molar-refractivity contribution >= 4 is 34.6 Å². The molecule has 1 amide bonds. The van der Waals surface area contributed by atoms with Crippen molar-refractivity contribution in [2.24, 2.45) is 0 Å². The van der Waals surface area contributed by atoms with Crippen molar-refractivity contribution in [3.8, 4) is 11.6 Å². The lowest BCUT2D eigenvalue weighted by molar-refractivity contribution is -0.119. The number of hydrogen-bond donors (Lipinski definition) is 2. The van der Waals surface area contributed by atoms with Crippen LogP contribution in [0.2, 0.25) is 0 Å². The van der Waals surface area contributed by atoms with E-state index < -0.39 is 0 Å². The standard InChI is InChI=1S/C29H30N6O3S/c1-18-15-21(19(2)34(18)25-10-6-8-14-31-25)28-27(22-9-5-7-13-30-22)33-29(39)35(28)20-11-12-24(38-4)23(16-20)32-26(36)17-37-3/h5-16,27-28H,17H2,1-4H3,(H,32,36)(H,33,39). The third kappa shape index (κ3) is 5.08. The molecule has 9 nitrogen and oxygen atoms in total. The van der Waals surface area contributed by atoms with Crippen LogP contribution in [0, 0.1) is 13.8 Å². The zero-order valence-corrected chi connectivity index (χ0v) is 23.0. The second-order valence-electron chi connectivity index (χ2n) is 9.21. The Morgan fingerprint density at radius 1 is 1.05 bits per heavy atom. The van der Waals surface area contributed by atoms with Crippen molar-refractivity contribution in [1.29, 1.82) is 0 Å². The number of benzene rings is 1. The quantitative estimate of drug-likeness (QED) is 0.311. The first-order valence-corrected chi connectivity index (χ1v) is 12.9. The van der Waals surface area contributed by atoms with Crippen LogP contribution in [0.4, 0.5) is 11.4 Å². The number of carbonyl (C=O) groups excluding carboxylic acids is 1. The van der Waals surface area contributed by atoms with Gasteiger partial charge in [-0.15, -0.1) is 0 Å². The number of pyridine rings is 2. The molecule has 200 valence electrons. The van der Waals surface area contributed by atoms with Crippen molar-refractivity contribution < 1.29 is 14.3 Å². The maximum absolute atomic E-state index is 12.4. The van der Waals surface area contributed by atoms with Gasteiger partial charge in [-0.1, -0.05) is 12.1 Å². The molecule has 0 aliphatic carbocycles. The molecule has 1 aliphatic heterocycles. The Morgan fingerprint density at radius 2 is 1.82 bits per heavy atom. The van der Waals surface area contributed by atoms with E-state index in [9.17, 15) is 4.79 Å². The molecule has 2 atom stereocenters. The van der Waals surface area contributed by atoms with E-state index in [4.69, 9.17) is 21.7 Å². The monoisotopic (exact) mass is 542 g/mol. The number of methoxy groups -OCH3 is 2. The lowest BCUT2D eigenvalue weighted by Gasteiger charge is -2.29. The molecule has 1 saturated heterocycles. The zero-order valence-electron chi connectivity index (χ0n) is 22.2. The summed E-state index contributed by atoms with van der Waals surface area (Å²) >= 11 is 5.92. The minimum absolute atomic E-state index is 0.0685. The smallest absolute Gasteiger partial charge is 0.250 e. The Kier molecular flexibility index (Phi) is 7.58. The first-order valence-electron chi connectivity index (χ1n) is 12.5. The second kappa shape index (κ2) is 11.2. The van der Waals surface area contributed by atoms with Crippen molar-refractivity contribution in [3.05, 3.63) is 95.7 Å². The van der Waals surface area contributed by atoms with Gasteiger partial charge in [0.1, 0.15) is 18.2 Å². The van der Waals surface area contributed by atoms with Crippen molar-refractivity contribution in [1.82, 2.24) is 19.9 Å². The molecule has 2 unspecified atom stereocenters. The zero-order chi connectivity index (χ0) is 27.5. The number of hydrogen-bond acceptors (Lipinski definition) is 6. The molecule has 3 aromatic heterocycles. The molecular weight excluding hydrogens is 512 g/mol. The highest BCUT2D eigenvalue weighted by Crippen LogP contribution is 2.45. The number of nitrogens with one attached hydrogen (secondary N) is 2. The molecule has 1 aromatic carbocycles. The molecule has 0 bridgehead atoms. The highest BCUT2D eigenvalue weighted by molar-refractivity contribution is 7.80. The summed E-state index contributed by atoms with van der Waals surface area (Å²) in [6, 6.07) is 19.1. The third-order valence-electron chi connectivity index (χ3n) is 6.78. The number of rotatable bonds is 8. The average Bonchev–Trinajstić information content (AvgIpc) is 3.44. The normalized spacial score (nSPS) is 16.7. The minimum Gasteiger partial charge on any atom is -0.495 e. The van der Waals surface area contributed by atoms with Gasteiger partial charge in [0.25, 0.3) is 0 Å². The minimum atomic E-state index is -0.281. The fourth-order valence-electron chi connectivity index (χ4n) is 5.14. The van der Waals surface area contributed by atoms with Gasteiger partial charge in [0.05, 0.1) is 30.6 Å². The molecule has 4 aromatic rings. The van der Waals surface area contributed by atoms with Gasteiger partial charge in [-0.25, -0.2) is 4.98 Å². The van der Waals surface area contributed by atoms with Crippen LogP contribution in [-0.2, 0) is 9.53 Å². The first kappa shape index (κ1) is 26.3. The summed E-state index contributed by atoms with van der Waals surface area (Å²) in [6.07, 6.45) is 3.58. The van der Waals surface area contributed by atoms with Gasteiger partial charge in [-0.05, 0) is 80.2 Å². The van der Waals surface area contributed by atoms with Crippen molar-refractivity contribution in [3.63, 3.8) is 0 Å². The Balaban J connectivity index is 1.64. The van der Waals surface area contributed by atoms with Crippen LogP contribution < -0.4 is 20.3 Å². The number of carbonyl (C=O) groups is 1. The molecule has 4 heterocycles. The van der Waals surface area contributed by atoms with Gasteiger partial charge in [0, 0.05) is 36.6 Å². The maximum Gasteiger partial charge on any atom is 0.250 e. The van der Waals surface area contributed by atoms with E-state index in [-0.39, 0.29) is 24.6 Å². The number of aryl methyl sites for hydroxylation is 1. The van der Waals surface area contributed by atoms with Crippen molar-refractivity contribution in [2.45, 2.75) is 25.9 Å². The molecule has 5 rings (SSSR count). The predicted octanol–water partition coefficient (Wildman–Crippen LogP) is 4.65. The SMILES string of the molecule is COCC(=O)Nc1cc(N2C(=S)NC(c3ccccn3)C2c2cc(C)n(-c3ccccn3)c2C)ccc1OC. The Bertz CT molecular complexity index is 1490. The largest absolute Gasteiger partial charge is 0.495 e. The van der Waals surface area contributed by atoms with E-state index in [2.05, 4.69) is 50.0 Å². The van der Waals surface area contributed by atoms with E-state index in [1.807, 2.05) is 54.6 Å². The van der Waals surface area contributed by atoms with Crippen LogP contribution >= 0.6 is 12.2 Å². The van der Waals surface area contributed by atoms with Gasteiger partial charge >= 0.3 is 0 Å². The summed E-state index contributed by atoms with van der Waals surface area (Å²) in [5, 5.41) is 6.94. The summed E-state index contributed by atoms with van der Waals surface area (Å²) < 4.78 is 12.7. The van der Waals surface area contributed by atoms with E-state index in [0.29, 0.717) is 16.5 Å². The molecular formula is C29H30N6O3S. The maximum atomic E-state index is 12.4. The Labute approximate surface area is 232 Å². The van der Waals surface area contributed by atoms with Gasteiger partial charge in [0.2, 0.25) is 5.91 Å². The van der Waals surface area contributed by atoms with Crippen molar-refractivity contribution in [2.75, 3.05) is 31.0 Å². The fraction of sp³-hybridized carbons (Fsp3) is 0.241. The Hall–Kier alpha value is -4.28. The molecule has 0 spiro atoms. The number of anilines is 2. The molecule has 1 aliphatic rings. The van der Waals surface area contributed by atoms with Crippen LogP contribution in [0.3, 0.4) is 0 Å². The first-order chi connectivity index (χ1) is 18.9. The number of nitrogens with zero attached hydrogens (tertiary/aromatic N) is 4.